The Morgan fingerprint density at radius 1 is 1.12 bits per heavy atom. The van der Waals surface area contributed by atoms with Crippen molar-refractivity contribution in [2.75, 3.05) is 17.1 Å². The first-order valence-electron chi connectivity index (χ1n) is 10.3. The van der Waals surface area contributed by atoms with Crippen molar-refractivity contribution in [1.29, 1.82) is 0 Å². The van der Waals surface area contributed by atoms with Gasteiger partial charge in [0.05, 0.1) is 11.9 Å². The van der Waals surface area contributed by atoms with Crippen molar-refractivity contribution in [2.24, 2.45) is 0 Å². The van der Waals surface area contributed by atoms with Crippen LogP contribution in [0.2, 0.25) is 0 Å². The third-order valence-corrected chi connectivity index (χ3v) is 6.34. The maximum Gasteiger partial charge on any atom is 0.244 e. The van der Waals surface area contributed by atoms with E-state index in [0.29, 0.717) is 0 Å². The van der Waals surface area contributed by atoms with Gasteiger partial charge in [0.15, 0.2) is 0 Å². The summed E-state index contributed by atoms with van der Waals surface area (Å²) in [6.07, 6.45) is 0.970. The van der Waals surface area contributed by atoms with Gasteiger partial charge >= 0.3 is 0 Å². The molecule has 0 radical (unpaired) electrons. The molecular formula is C23H29BrFN3O4S. The van der Waals surface area contributed by atoms with E-state index in [1.807, 2.05) is 45.0 Å². The fourth-order valence-corrected chi connectivity index (χ4v) is 4.41. The normalized spacial score (nSPS) is 12.7. The molecular weight excluding hydrogens is 513 g/mol. The molecule has 2 aromatic rings. The Kier molecular flexibility index (Phi) is 8.64. The Balaban J connectivity index is 2.39. The molecule has 0 aliphatic rings. The Morgan fingerprint density at radius 2 is 1.73 bits per heavy atom. The van der Waals surface area contributed by atoms with Crippen molar-refractivity contribution in [3.63, 3.8) is 0 Å². The highest BCUT2D eigenvalue weighted by Crippen LogP contribution is 2.20. The van der Waals surface area contributed by atoms with Gasteiger partial charge in [0, 0.05) is 16.6 Å². The molecule has 0 aliphatic carbocycles. The minimum absolute atomic E-state index is 0.0953. The molecule has 33 heavy (non-hydrogen) atoms. The number of nitrogens with zero attached hydrogens (tertiary/aromatic N) is 2. The zero-order valence-electron chi connectivity index (χ0n) is 19.3. The minimum Gasteiger partial charge on any atom is -0.350 e. The Morgan fingerprint density at radius 3 is 2.24 bits per heavy atom. The second kappa shape index (κ2) is 10.6. The van der Waals surface area contributed by atoms with Gasteiger partial charge in [-0.1, -0.05) is 28.1 Å². The van der Waals surface area contributed by atoms with Crippen molar-refractivity contribution in [3.8, 4) is 0 Å². The number of carbonyl (C=O) groups is 2. The average Bonchev–Trinajstić information content (AvgIpc) is 2.68. The standard InChI is InChI=1S/C23H29BrFN3O4S/c1-16(22(30)26-23(2,3)4)27(14-17-7-6-8-18(24)13-17)21(29)15-28(33(5,31)32)20-11-9-19(25)10-12-20/h6-13,16H,14-15H2,1-5H3,(H,26,30). The van der Waals surface area contributed by atoms with E-state index in [1.165, 1.54) is 17.0 Å². The smallest absolute Gasteiger partial charge is 0.244 e. The van der Waals surface area contributed by atoms with Crippen LogP contribution in [0.3, 0.4) is 0 Å². The van der Waals surface area contributed by atoms with Gasteiger partial charge in [0.2, 0.25) is 21.8 Å². The van der Waals surface area contributed by atoms with Crippen LogP contribution in [0.1, 0.15) is 33.3 Å². The lowest BCUT2D eigenvalue weighted by Gasteiger charge is -2.33. The lowest BCUT2D eigenvalue weighted by molar-refractivity contribution is -0.140. The minimum atomic E-state index is -3.86. The average molecular weight is 542 g/mol. The molecule has 0 aliphatic heterocycles. The summed E-state index contributed by atoms with van der Waals surface area (Å²) in [5, 5.41) is 2.86. The van der Waals surface area contributed by atoms with Gasteiger partial charge in [0.25, 0.3) is 0 Å². The van der Waals surface area contributed by atoms with Gasteiger partial charge in [-0.25, -0.2) is 12.8 Å². The molecule has 0 spiro atoms. The zero-order chi connectivity index (χ0) is 25.0. The molecule has 2 rings (SSSR count). The van der Waals surface area contributed by atoms with Gasteiger partial charge in [-0.15, -0.1) is 0 Å². The zero-order valence-corrected chi connectivity index (χ0v) is 21.7. The highest BCUT2D eigenvalue weighted by atomic mass is 79.9. The predicted molar refractivity (Wildman–Crippen MR) is 131 cm³/mol. The maximum atomic E-state index is 13.4. The summed E-state index contributed by atoms with van der Waals surface area (Å²) in [5.74, 6) is -1.46. The van der Waals surface area contributed by atoms with E-state index in [-0.39, 0.29) is 18.1 Å². The van der Waals surface area contributed by atoms with Crippen LogP contribution in [0.4, 0.5) is 10.1 Å². The molecule has 2 aromatic carbocycles. The van der Waals surface area contributed by atoms with Crippen LogP contribution in [-0.2, 0) is 26.2 Å². The van der Waals surface area contributed by atoms with E-state index in [9.17, 15) is 22.4 Å². The summed E-state index contributed by atoms with van der Waals surface area (Å²) in [6.45, 7) is 6.65. The monoisotopic (exact) mass is 541 g/mol. The number of anilines is 1. The lowest BCUT2D eigenvalue weighted by Crippen LogP contribution is -2.54. The van der Waals surface area contributed by atoms with Crippen molar-refractivity contribution in [2.45, 2.75) is 45.8 Å². The molecule has 0 bridgehead atoms. The summed E-state index contributed by atoms with van der Waals surface area (Å²) >= 11 is 3.40. The number of sulfonamides is 1. The molecule has 0 saturated carbocycles. The van der Waals surface area contributed by atoms with Crippen molar-refractivity contribution in [3.05, 3.63) is 64.4 Å². The van der Waals surface area contributed by atoms with Crippen LogP contribution in [0.15, 0.2) is 53.0 Å². The topological polar surface area (TPSA) is 86.8 Å². The van der Waals surface area contributed by atoms with E-state index >= 15 is 0 Å². The highest BCUT2D eigenvalue weighted by molar-refractivity contribution is 9.10. The quantitative estimate of drug-likeness (QED) is 0.552. The SMILES string of the molecule is CC(C(=O)NC(C)(C)C)N(Cc1cccc(Br)c1)C(=O)CN(c1ccc(F)cc1)S(C)(=O)=O. The third-order valence-electron chi connectivity index (χ3n) is 4.70. The van der Waals surface area contributed by atoms with Gasteiger partial charge in [-0.05, 0) is 69.7 Å². The third kappa shape index (κ3) is 8.12. The molecule has 0 aromatic heterocycles. The maximum absolute atomic E-state index is 13.4. The number of hydrogen-bond acceptors (Lipinski definition) is 4. The largest absolute Gasteiger partial charge is 0.350 e. The lowest BCUT2D eigenvalue weighted by atomic mass is 10.1. The van der Waals surface area contributed by atoms with Gasteiger partial charge in [0.1, 0.15) is 18.4 Å². The van der Waals surface area contributed by atoms with Crippen molar-refractivity contribution >= 4 is 43.5 Å². The van der Waals surface area contributed by atoms with Crippen LogP contribution in [-0.4, -0.2) is 49.5 Å². The van der Waals surface area contributed by atoms with E-state index in [1.54, 1.807) is 6.92 Å². The number of hydrogen-bond donors (Lipinski definition) is 1. The van der Waals surface area contributed by atoms with Crippen molar-refractivity contribution < 1.29 is 22.4 Å². The first kappa shape index (κ1) is 26.8. The first-order valence-corrected chi connectivity index (χ1v) is 12.9. The van der Waals surface area contributed by atoms with E-state index < -0.39 is 39.9 Å². The Hall–Kier alpha value is -2.46. The number of carbonyl (C=O) groups excluding carboxylic acids is 2. The molecule has 0 fully saturated rings. The summed E-state index contributed by atoms with van der Waals surface area (Å²) in [6, 6.07) is 11.2. The van der Waals surface area contributed by atoms with Crippen LogP contribution in [0.25, 0.3) is 0 Å². The van der Waals surface area contributed by atoms with Gasteiger partial charge in [-0.3, -0.25) is 13.9 Å². The highest BCUT2D eigenvalue weighted by Gasteiger charge is 2.31. The van der Waals surface area contributed by atoms with Crippen LogP contribution >= 0.6 is 15.9 Å². The predicted octanol–water partition coefficient (Wildman–Crippen LogP) is 3.69. The van der Waals surface area contributed by atoms with E-state index in [2.05, 4.69) is 21.2 Å². The van der Waals surface area contributed by atoms with Crippen LogP contribution in [0.5, 0.6) is 0 Å². The second-order valence-electron chi connectivity index (χ2n) is 8.81. The molecule has 1 N–H and O–H groups in total. The number of benzene rings is 2. The van der Waals surface area contributed by atoms with Crippen molar-refractivity contribution in [1.82, 2.24) is 10.2 Å². The fourth-order valence-electron chi connectivity index (χ4n) is 3.11. The van der Waals surface area contributed by atoms with E-state index in [0.717, 1.165) is 32.7 Å². The molecule has 0 heterocycles. The van der Waals surface area contributed by atoms with Gasteiger partial charge in [-0.2, -0.15) is 0 Å². The second-order valence-corrected chi connectivity index (χ2v) is 11.6. The molecule has 10 heteroatoms. The van der Waals surface area contributed by atoms with Gasteiger partial charge < -0.3 is 10.2 Å². The number of nitrogens with one attached hydrogen (secondary N) is 1. The van der Waals surface area contributed by atoms with E-state index in [4.69, 9.17) is 0 Å². The molecule has 1 atom stereocenters. The summed E-state index contributed by atoms with van der Waals surface area (Å²) < 4.78 is 39.9. The molecule has 180 valence electrons. The summed E-state index contributed by atoms with van der Waals surface area (Å²) in [5.41, 5.74) is 0.408. The van der Waals surface area contributed by atoms with Crippen LogP contribution < -0.4 is 9.62 Å². The number of halogens is 2. The fraction of sp³-hybridized carbons (Fsp3) is 0.391. The molecule has 1 unspecified atom stereocenters. The summed E-state index contributed by atoms with van der Waals surface area (Å²) in [4.78, 5) is 27.6. The summed E-state index contributed by atoms with van der Waals surface area (Å²) in [7, 11) is -3.86. The number of amides is 2. The molecule has 7 nitrogen and oxygen atoms in total. The van der Waals surface area contributed by atoms with Crippen LogP contribution in [0, 0.1) is 5.82 Å². The Bertz CT molecular complexity index is 1100. The molecule has 0 saturated heterocycles. The Labute approximate surface area is 203 Å². The number of rotatable bonds is 8. The first-order chi connectivity index (χ1) is 15.2. The molecule has 2 amide bonds.